The van der Waals surface area contributed by atoms with Crippen molar-refractivity contribution < 1.29 is 9.84 Å². The van der Waals surface area contributed by atoms with E-state index >= 15 is 0 Å². The Kier molecular flexibility index (Phi) is 2.17. The number of hydrogen-bond donors (Lipinski definition) is 2. The lowest BCUT2D eigenvalue weighted by Crippen LogP contribution is -1.93. The highest BCUT2D eigenvalue weighted by Gasteiger charge is 2.04. The molecule has 0 radical (unpaired) electrons. The number of aromatic nitrogens is 1. The molecule has 2 N–H and O–H groups in total. The maximum Gasteiger partial charge on any atom is 0.186 e. The van der Waals surface area contributed by atoms with Gasteiger partial charge in [0.15, 0.2) is 6.79 Å². The molecular weight excluding hydrogens is 178 g/mol. The molecule has 0 aliphatic heterocycles. The Morgan fingerprint density at radius 2 is 2.14 bits per heavy atom. The van der Waals surface area contributed by atoms with Gasteiger partial charge in [0.05, 0.1) is 0 Å². The molecule has 0 fully saturated rings. The lowest BCUT2D eigenvalue weighted by atomic mass is 10.1. The number of hydrogen-bond acceptors (Lipinski definition) is 2. The van der Waals surface area contributed by atoms with Crippen LogP contribution in [0.4, 0.5) is 0 Å². The molecule has 1 heterocycles. The lowest BCUT2D eigenvalue weighted by molar-refractivity contribution is 0.0987. The van der Waals surface area contributed by atoms with Crippen LogP contribution >= 0.6 is 0 Å². The quantitative estimate of drug-likeness (QED) is 0.714. The summed E-state index contributed by atoms with van der Waals surface area (Å²) in [5.41, 5.74) is 3.47. The fraction of sp³-hybridized carbons (Fsp3) is 0.273. The number of rotatable bonds is 2. The molecule has 74 valence electrons. The highest BCUT2D eigenvalue weighted by atomic mass is 16.6. The summed E-state index contributed by atoms with van der Waals surface area (Å²) in [6, 6.07) is 5.75. The summed E-state index contributed by atoms with van der Waals surface area (Å²) in [5, 5.41) is 9.82. The molecular formula is C11H13NO2. The van der Waals surface area contributed by atoms with E-state index in [-0.39, 0.29) is 6.79 Å². The first-order valence-corrected chi connectivity index (χ1v) is 4.55. The van der Waals surface area contributed by atoms with E-state index in [9.17, 15) is 0 Å². The van der Waals surface area contributed by atoms with Crippen molar-refractivity contribution in [2.75, 3.05) is 6.79 Å². The first-order valence-electron chi connectivity index (χ1n) is 4.55. The van der Waals surface area contributed by atoms with Crippen molar-refractivity contribution in [3.63, 3.8) is 0 Å². The predicted molar refractivity (Wildman–Crippen MR) is 55.5 cm³/mol. The van der Waals surface area contributed by atoms with E-state index in [0.29, 0.717) is 5.75 Å². The van der Waals surface area contributed by atoms with Crippen LogP contribution in [-0.2, 0) is 0 Å². The largest absolute Gasteiger partial charge is 0.468 e. The molecule has 0 spiro atoms. The molecule has 14 heavy (non-hydrogen) atoms. The SMILES string of the molecule is Cc1[nH]c2cc(OCO)ccc2c1C. The second-order valence-electron chi connectivity index (χ2n) is 3.36. The number of aryl methyl sites for hydroxylation is 2. The van der Waals surface area contributed by atoms with Gasteiger partial charge >= 0.3 is 0 Å². The Labute approximate surface area is 82.3 Å². The number of nitrogens with one attached hydrogen (secondary N) is 1. The average Bonchev–Trinajstić information content (AvgIpc) is 2.43. The van der Waals surface area contributed by atoms with Gasteiger partial charge in [0.25, 0.3) is 0 Å². The predicted octanol–water partition coefficient (Wildman–Crippen LogP) is 2.11. The number of H-pyrrole nitrogens is 1. The van der Waals surface area contributed by atoms with Gasteiger partial charge in [-0.3, -0.25) is 0 Å². The van der Waals surface area contributed by atoms with Gasteiger partial charge in [0.1, 0.15) is 5.75 Å². The molecule has 0 unspecified atom stereocenters. The Hall–Kier alpha value is -1.48. The zero-order valence-corrected chi connectivity index (χ0v) is 8.29. The molecule has 0 saturated carbocycles. The highest BCUT2D eigenvalue weighted by molar-refractivity contribution is 5.85. The number of aliphatic hydroxyl groups is 1. The van der Waals surface area contributed by atoms with Gasteiger partial charge in [-0.25, -0.2) is 0 Å². The normalized spacial score (nSPS) is 10.8. The second-order valence-corrected chi connectivity index (χ2v) is 3.36. The van der Waals surface area contributed by atoms with Gasteiger partial charge < -0.3 is 14.8 Å². The number of benzene rings is 1. The summed E-state index contributed by atoms with van der Waals surface area (Å²) >= 11 is 0. The van der Waals surface area contributed by atoms with E-state index in [2.05, 4.69) is 11.9 Å². The number of ether oxygens (including phenoxy) is 1. The van der Waals surface area contributed by atoms with Crippen LogP contribution in [0.5, 0.6) is 5.75 Å². The van der Waals surface area contributed by atoms with Crippen molar-refractivity contribution in [3.8, 4) is 5.75 Å². The van der Waals surface area contributed by atoms with Crippen LogP contribution in [0.1, 0.15) is 11.3 Å². The van der Waals surface area contributed by atoms with Crippen LogP contribution in [0.25, 0.3) is 10.9 Å². The molecule has 0 bridgehead atoms. The Bertz CT molecular complexity index is 460. The third kappa shape index (κ3) is 1.36. The van der Waals surface area contributed by atoms with Crippen LogP contribution in [-0.4, -0.2) is 16.9 Å². The summed E-state index contributed by atoms with van der Waals surface area (Å²) in [4.78, 5) is 3.26. The van der Waals surface area contributed by atoms with E-state index in [1.807, 2.05) is 25.1 Å². The third-order valence-corrected chi connectivity index (χ3v) is 2.51. The first-order chi connectivity index (χ1) is 6.72. The Balaban J connectivity index is 2.56. The van der Waals surface area contributed by atoms with Gasteiger partial charge in [-0.1, -0.05) is 0 Å². The number of fused-ring (bicyclic) bond motifs is 1. The molecule has 2 rings (SSSR count). The molecule has 0 atom stereocenters. The van der Waals surface area contributed by atoms with Gasteiger partial charge in [0.2, 0.25) is 0 Å². The van der Waals surface area contributed by atoms with Crippen LogP contribution in [0.3, 0.4) is 0 Å². The van der Waals surface area contributed by atoms with Gasteiger partial charge in [-0.05, 0) is 31.5 Å². The van der Waals surface area contributed by atoms with Crippen LogP contribution in [0, 0.1) is 13.8 Å². The summed E-state index contributed by atoms with van der Waals surface area (Å²) in [5.74, 6) is 0.682. The van der Waals surface area contributed by atoms with E-state index in [1.165, 1.54) is 16.6 Å². The van der Waals surface area contributed by atoms with E-state index in [4.69, 9.17) is 9.84 Å². The smallest absolute Gasteiger partial charge is 0.186 e. The maximum absolute atomic E-state index is 8.62. The average molecular weight is 191 g/mol. The molecule has 0 aliphatic rings. The van der Waals surface area contributed by atoms with Crippen molar-refractivity contribution in [1.82, 2.24) is 4.98 Å². The van der Waals surface area contributed by atoms with Crippen LogP contribution < -0.4 is 4.74 Å². The molecule has 0 saturated heterocycles. The molecule has 3 nitrogen and oxygen atoms in total. The molecule has 2 aromatic rings. The molecule has 0 amide bonds. The van der Waals surface area contributed by atoms with E-state index in [0.717, 1.165) is 5.52 Å². The number of aliphatic hydroxyl groups excluding tert-OH is 1. The van der Waals surface area contributed by atoms with Crippen LogP contribution in [0.15, 0.2) is 18.2 Å². The topological polar surface area (TPSA) is 45.2 Å². The van der Waals surface area contributed by atoms with Crippen molar-refractivity contribution in [2.45, 2.75) is 13.8 Å². The zero-order valence-electron chi connectivity index (χ0n) is 8.29. The number of aromatic amines is 1. The summed E-state index contributed by atoms with van der Waals surface area (Å²) in [6.45, 7) is 3.84. The molecule has 3 heteroatoms. The minimum atomic E-state index is -0.288. The molecule has 1 aromatic heterocycles. The Morgan fingerprint density at radius 1 is 1.36 bits per heavy atom. The van der Waals surface area contributed by atoms with Crippen molar-refractivity contribution in [1.29, 1.82) is 0 Å². The highest BCUT2D eigenvalue weighted by Crippen LogP contribution is 2.24. The monoisotopic (exact) mass is 191 g/mol. The third-order valence-electron chi connectivity index (χ3n) is 2.51. The second kappa shape index (κ2) is 3.35. The minimum absolute atomic E-state index is 0.288. The van der Waals surface area contributed by atoms with Gasteiger partial charge in [-0.2, -0.15) is 0 Å². The zero-order chi connectivity index (χ0) is 10.1. The maximum atomic E-state index is 8.62. The van der Waals surface area contributed by atoms with Crippen molar-refractivity contribution >= 4 is 10.9 Å². The summed E-state index contributed by atoms with van der Waals surface area (Å²) in [7, 11) is 0. The van der Waals surface area contributed by atoms with E-state index < -0.39 is 0 Å². The fourth-order valence-corrected chi connectivity index (χ4v) is 1.62. The first kappa shape index (κ1) is 9.09. The standard InChI is InChI=1S/C11H13NO2/c1-7-8(2)12-11-5-9(14-6-13)3-4-10(7)11/h3-5,12-13H,6H2,1-2H3. The van der Waals surface area contributed by atoms with E-state index in [1.54, 1.807) is 0 Å². The molecule has 0 aliphatic carbocycles. The molecule has 1 aromatic carbocycles. The fourth-order valence-electron chi connectivity index (χ4n) is 1.62. The minimum Gasteiger partial charge on any atom is -0.468 e. The van der Waals surface area contributed by atoms with Gasteiger partial charge in [-0.15, -0.1) is 0 Å². The summed E-state index contributed by atoms with van der Waals surface area (Å²) in [6.07, 6.45) is 0. The summed E-state index contributed by atoms with van der Waals surface area (Å²) < 4.78 is 5.00. The van der Waals surface area contributed by atoms with Crippen molar-refractivity contribution in [2.24, 2.45) is 0 Å². The van der Waals surface area contributed by atoms with Crippen molar-refractivity contribution in [3.05, 3.63) is 29.5 Å². The Morgan fingerprint density at radius 3 is 2.86 bits per heavy atom. The lowest BCUT2D eigenvalue weighted by Gasteiger charge is -2.01. The van der Waals surface area contributed by atoms with Crippen LogP contribution in [0.2, 0.25) is 0 Å². The van der Waals surface area contributed by atoms with Gasteiger partial charge in [0, 0.05) is 22.7 Å².